The SMILES string of the molecule is C[C@@H]1Oc2ccccc2C[C@@H]1N. The third-order valence-corrected chi connectivity index (χ3v) is 2.34. The summed E-state index contributed by atoms with van der Waals surface area (Å²) in [5, 5.41) is 0. The minimum Gasteiger partial charge on any atom is -0.489 e. The molecular weight excluding hydrogens is 150 g/mol. The molecule has 1 aromatic rings. The van der Waals surface area contributed by atoms with Gasteiger partial charge in [0.05, 0.1) is 0 Å². The Bertz CT molecular complexity index is 256. The van der Waals surface area contributed by atoms with Gasteiger partial charge in [0.2, 0.25) is 0 Å². The smallest absolute Gasteiger partial charge is 0.123 e. The van der Waals surface area contributed by atoms with Gasteiger partial charge in [0.1, 0.15) is 11.9 Å². The molecule has 0 unspecified atom stereocenters. The van der Waals surface area contributed by atoms with Gasteiger partial charge in [0, 0.05) is 6.04 Å². The summed E-state index contributed by atoms with van der Waals surface area (Å²) in [6, 6.07) is 8.21. The van der Waals surface area contributed by atoms with Crippen LogP contribution in [0.5, 0.6) is 5.75 Å². The van der Waals surface area contributed by atoms with Crippen LogP contribution in [0.3, 0.4) is 0 Å². The summed E-state index contributed by atoms with van der Waals surface area (Å²) < 4.78 is 5.62. The highest BCUT2D eigenvalue weighted by atomic mass is 16.5. The third kappa shape index (κ3) is 1.18. The van der Waals surface area contributed by atoms with Crippen molar-refractivity contribution in [3.63, 3.8) is 0 Å². The van der Waals surface area contributed by atoms with E-state index in [-0.39, 0.29) is 12.1 Å². The van der Waals surface area contributed by atoms with Crippen LogP contribution in [0, 0.1) is 0 Å². The van der Waals surface area contributed by atoms with E-state index in [1.165, 1.54) is 5.56 Å². The minimum absolute atomic E-state index is 0.139. The second-order valence-electron chi connectivity index (χ2n) is 3.30. The summed E-state index contributed by atoms with van der Waals surface area (Å²) in [4.78, 5) is 0. The number of ether oxygens (including phenoxy) is 1. The van der Waals surface area contributed by atoms with Crippen molar-refractivity contribution in [2.24, 2.45) is 5.73 Å². The Morgan fingerprint density at radius 1 is 1.42 bits per heavy atom. The van der Waals surface area contributed by atoms with Crippen molar-refractivity contribution < 1.29 is 4.74 Å². The molecule has 0 amide bonds. The van der Waals surface area contributed by atoms with E-state index < -0.39 is 0 Å². The summed E-state index contributed by atoms with van der Waals surface area (Å²) in [6.07, 6.45) is 1.07. The number of hydrogen-bond donors (Lipinski definition) is 1. The number of para-hydroxylation sites is 1. The Morgan fingerprint density at radius 2 is 2.17 bits per heavy atom. The highest BCUT2D eigenvalue weighted by Gasteiger charge is 2.22. The summed E-state index contributed by atoms with van der Waals surface area (Å²) in [7, 11) is 0. The molecule has 0 saturated heterocycles. The van der Waals surface area contributed by atoms with E-state index in [1.807, 2.05) is 25.1 Å². The van der Waals surface area contributed by atoms with Crippen molar-refractivity contribution in [2.45, 2.75) is 25.5 Å². The molecule has 0 radical (unpaired) electrons. The van der Waals surface area contributed by atoms with Crippen LogP contribution in [0.4, 0.5) is 0 Å². The fourth-order valence-electron chi connectivity index (χ4n) is 1.50. The quantitative estimate of drug-likeness (QED) is 0.626. The first kappa shape index (κ1) is 7.62. The van der Waals surface area contributed by atoms with Gasteiger partial charge < -0.3 is 10.5 Å². The van der Waals surface area contributed by atoms with Crippen LogP contribution in [0.15, 0.2) is 24.3 Å². The third-order valence-electron chi connectivity index (χ3n) is 2.34. The van der Waals surface area contributed by atoms with Gasteiger partial charge in [-0.05, 0) is 25.0 Å². The molecule has 1 heterocycles. The van der Waals surface area contributed by atoms with E-state index in [2.05, 4.69) is 6.07 Å². The molecule has 0 fully saturated rings. The molecular formula is C10H13NO. The minimum atomic E-state index is 0.139. The molecule has 12 heavy (non-hydrogen) atoms. The summed E-state index contributed by atoms with van der Waals surface area (Å²) >= 11 is 0. The molecule has 2 heteroatoms. The van der Waals surface area contributed by atoms with E-state index >= 15 is 0 Å². The van der Waals surface area contributed by atoms with Crippen LogP contribution in [-0.2, 0) is 6.42 Å². The highest BCUT2D eigenvalue weighted by Crippen LogP contribution is 2.26. The van der Waals surface area contributed by atoms with Crippen LogP contribution in [0.25, 0.3) is 0 Å². The zero-order valence-corrected chi connectivity index (χ0v) is 7.16. The zero-order chi connectivity index (χ0) is 8.55. The van der Waals surface area contributed by atoms with Gasteiger partial charge in [-0.1, -0.05) is 18.2 Å². The summed E-state index contributed by atoms with van der Waals surface area (Å²) in [5.41, 5.74) is 7.09. The van der Waals surface area contributed by atoms with E-state index in [0.29, 0.717) is 0 Å². The summed E-state index contributed by atoms with van der Waals surface area (Å²) in [5.74, 6) is 0.992. The van der Waals surface area contributed by atoms with Gasteiger partial charge in [-0.15, -0.1) is 0 Å². The topological polar surface area (TPSA) is 35.2 Å². The molecule has 64 valence electrons. The first-order valence-corrected chi connectivity index (χ1v) is 4.27. The monoisotopic (exact) mass is 163 g/mol. The van der Waals surface area contributed by atoms with Gasteiger partial charge in [-0.3, -0.25) is 0 Å². The lowest BCUT2D eigenvalue weighted by Gasteiger charge is -2.28. The maximum atomic E-state index is 5.87. The van der Waals surface area contributed by atoms with Crippen molar-refractivity contribution in [2.75, 3.05) is 0 Å². The first-order valence-electron chi connectivity index (χ1n) is 4.27. The molecule has 1 aliphatic heterocycles. The van der Waals surface area contributed by atoms with Crippen LogP contribution >= 0.6 is 0 Å². The molecule has 2 N–H and O–H groups in total. The number of nitrogens with two attached hydrogens (primary N) is 1. The predicted octanol–water partition coefficient (Wildman–Crippen LogP) is 1.34. The van der Waals surface area contributed by atoms with Gasteiger partial charge >= 0.3 is 0 Å². The molecule has 2 atom stereocenters. The zero-order valence-electron chi connectivity index (χ0n) is 7.16. The standard InChI is InChI=1S/C10H13NO/c1-7-9(11)6-8-4-2-3-5-10(8)12-7/h2-5,7,9H,6,11H2,1H3/t7-,9-/m0/s1. The van der Waals surface area contributed by atoms with Crippen molar-refractivity contribution in [3.8, 4) is 5.75 Å². The van der Waals surface area contributed by atoms with E-state index in [9.17, 15) is 0 Å². The lowest BCUT2D eigenvalue weighted by atomic mass is 9.99. The van der Waals surface area contributed by atoms with Gasteiger partial charge in [0.25, 0.3) is 0 Å². The largest absolute Gasteiger partial charge is 0.489 e. The number of fused-ring (bicyclic) bond motifs is 1. The van der Waals surface area contributed by atoms with E-state index in [1.54, 1.807) is 0 Å². The molecule has 2 rings (SSSR count). The Kier molecular flexibility index (Phi) is 1.77. The van der Waals surface area contributed by atoms with E-state index in [4.69, 9.17) is 10.5 Å². The number of benzene rings is 1. The Hall–Kier alpha value is -1.02. The first-order chi connectivity index (χ1) is 5.77. The fraction of sp³-hybridized carbons (Fsp3) is 0.400. The van der Waals surface area contributed by atoms with Gasteiger partial charge in [0.15, 0.2) is 0 Å². The van der Waals surface area contributed by atoms with Crippen LogP contribution in [0.1, 0.15) is 12.5 Å². The van der Waals surface area contributed by atoms with Crippen LogP contribution < -0.4 is 10.5 Å². The molecule has 1 aliphatic rings. The molecule has 0 saturated carbocycles. The molecule has 0 aromatic heterocycles. The molecule has 0 bridgehead atoms. The molecule has 2 nitrogen and oxygen atoms in total. The summed E-state index contributed by atoms with van der Waals surface area (Å²) in [6.45, 7) is 2.01. The maximum absolute atomic E-state index is 5.87. The van der Waals surface area contributed by atoms with Crippen molar-refractivity contribution in [1.29, 1.82) is 0 Å². The Morgan fingerprint density at radius 3 is 3.00 bits per heavy atom. The Labute approximate surface area is 72.3 Å². The maximum Gasteiger partial charge on any atom is 0.123 e. The molecule has 1 aromatic carbocycles. The fourth-order valence-corrected chi connectivity index (χ4v) is 1.50. The van der Waals surface area contributed by atoms with Crippen molar-refractivity contribution in [3.05, 3.63) is 29.8 Å². The predicted molar refractivity (Wildman–Crippen MR) is 48.2 cm³/mol. The van der Waals surface area contributed by atoms with Crippen molar-refractivity contribution in [1.82, 2.24) is 0 Å². The van der Waals surface area contributed by atoms with Gasteiger partial charge in [-0.25, -0.2) is 0 Å². The van der Waals surface area contributed by atoms with Crippen LogP contribution in [-0.4, -0.2) is 12.1 Å². The second-order valence-corrected chi connectivity index (χ2v) is 3.30. The average Bonchev–Trinajstić information content (AvgIpc) is 2.07. The molecule has 0 aliphatic carbocycles. The number of hydrogen-bond acceptors (Lipinski definition) is 2. The average molecular weight is 163 g/mol. The Balaban J connectivity index is 2.34. The van der Waals surface area contributed by atoms with Crippen LogP contribution in [0.2, 0.25) is 0 Å². The van der Waals surface area contributed by atoms with Gasteiger partial charge in [-0.2, -0.15) is 0 Å². The second kappa shape index (κ2) is 2.79. The van der Waals surface area contributed by atoms with E-state index in [0.717, 1.165) is 12.2 Å². The number of rotatable bonds is 0. The highest BCUT2D eigenvalue weighted by molar-refractivity contribution is 5.36. The molecule has 0 spiro atoms. The lowest BCUT2D eigenvalue weighted by Crippen LogP contribution is -2.41. The van der Waals surface area contributed by atoms with Crippen molar-refractivity contribution >= 4 is 0 Å². The lowest BCUT2D eigenvalue weighted by molar-refractivity contribution is 0.169. The normalized spacial score (nSPS) is 27.5.